The number of rotatable bonds is 7. The highest BCUT2D eigenvalue weighted by Crippen LogP contribution is 2.27. The third-order valence-corrected chi connectivity index (χ3v) is 5.99. The number of hydrogen-bond acceptors (Lipinski definition) is 7. The normalized spacial score (nSPS) is 18.3. The molecule has 3 aromatic rings. The van der Waals surface area contributed by atoms with Gasteiger partial charge in [-0.05, 0) is 37.3 Å². The molecule has 1 unspecified atom stereocenters. The molecule has 0 aromatic carbocycles. The molecule has 32 heavy (non-hydrogen) atoms. The van der Waals surface area contributed by atoms with Gasteiger partial charge in [-0.2, -0.15) is 10.1 Å². The van der Waals surface area contributed by atoms with E-state index in [1.54, 1.807) is 37.0 Å². The third-order valence-electron chi connectivity index (χ3n) is 5.99. The van der Waals surface area contributed by atoms with Crippen LogP contribution in [0.25, 0.3) is 5.65 Å². The van der Waals surface area contributed by atoms with Crippen LogP contribution in [-0.4, -0.2) is 69.0 Å². The average Bonchev–Trinajstić information content (AvgIpc) is 3.16. The molecule has 2 fully saturated rings. The second-order valence-corrected chi connectivity index (χ2v) is 8.36. The highest BCUT2D eigenvalue weighted by Gasteiger charge is 2.27. The first-order valence-corrected chi connectivity index (χ1v) is 10.8. The predicted octanol–water partition coefficient (Wildman–Crippen LogP) is 1.08. The number of anilines is 2. The third kappa shape index (κ3) is 4.03. The summed E-state index contributed by atoms with van der Waals surface area (Å²) in [5.74, 6) is 0.484. The van der Waals surface area contributed by atoms with Gasteiger partial charge in [-0.3, -0.25) is 14.3 Å². The average molecular weight is 438 g/mol. The van der Waals surface area contributed by atoms with Crippen molar-refractivity contribution >= 4 is 29.1 Å². The van der Waals surface area contributed by atoms with E-state index in [-0.39, 0.29) is 23.3 Å². The molecule has 11 heteroatoms. The molecule has 1 aliphatic heterocycles. The number of methoxy groups -OCH3 is 1. The van der Waals surface area contributed by atoms with E-state index in [0.29, 0.717) is 29.7 Å². The fraction of sp³-hybridized carbons (Fsp3) is 0.476. The van der Waals surface area contributed by atoms with Gasteiger partial charge in [0.2, 0.25) is 5.95 Å². The molecule has 0 radical (unpaired) electrons. The van der Waals surface area contributed by atoms with Gasteiger partial charge < -0.3 is 20.3 Å². The maximum absolute atomic E-state index is 13.0. The zero-order chi connectivity index (χ0) is 22.2. The van der Waals surface area contributed by atoms with Crippen LogP contribution < -0.4 is 15.5 Å². The molecule has 1 saturated heterocycles. The van der Waals surface area contributed by atoms with E-state index < -0.39 is 5.91 Å². The lowest BCUT2D eigenvalue weighted by Crippen LogP contribution is -2.28. The van der Waals surface area contributed by atoms with Gasteiger partial charge >= 0.3 is 0 Å². The van der Waals surface area contributed by atoms with Crippen LogP contribution >= 0.6 is 0 Å². The highest BCUT2D eigenvalue weighted by molar-refractivity contribution is 6.11. The highest BCUT2D eigenvalue weighted by atomic mass is 16.5. The minimum atomic E-state index is -0.413. The molecule has 11 nitrogen and oxygen atoms in total. The Morgan fingerprint density at radius 2 is 2.06 bits per heavy atom. The lowest BCUT2D eigenvalue weighted by Gasteiger charge is -2.12. The molecule has 5 rings (SSSR count). The fourth-order valence-corrected chi connectivity index (χ4v) is 3.90. The molecule has 4 heterocycles. The van der Waals surface area contributed by atoms with Crippen LogP contribution in [0.4, 0.5) is 11.6 Å². The zero-order valence-corrected chi connectivity index (χ0v) is 18.1. The van der Waals surface area contributed by atoms with Crippen LogP contribution in [0.15, 0.2) is 24.5 Å². The van der Waals surface area contributed by atoms with E-state index >= 15 is 0 Å². The molecule has 1 atom stereocenters. The predicted molar refractivity (Wildman–Crippen MR) is 117 cm³/mol. The molecule has 1 saturated carbocycles. The van der Waals surface area contributed by atoms with Crippen LogP contribution in [0.1, 0.15) is 40.1 Å². The van der Waals surface area contributed by atoms with Gasteiger partial charge in [0.1, 0.15) is 5.69 Å². The second kappa shape index (κ2) is 8.23. The van der Waals surface area contributed by atoms with E-state index in [9.17, 15) is 9.59 Å². The van der Waals surface area contributed by atoms with Gasteiger partial charge in [0.15, 0.2) is 5.65 Å². The molecule has 0 bridgehead atoms. The van der Waals surface area contributed by atoms with E-state index in [0.717, 1.165) is 32.4 Å². The van der Waals surface area contributed by atoms with Crippen molar-refractivity contribution in [3.63, 3.8) is 0 Å². The molecule has 1 aliphatic carbocycles. The number of nitrogens with one attached hydrogen (secondary N) is 2. The summed E-state index contributed by atoms with van der Waals surface area (Å²) in [6.45, 7) is 2.22. The molecular weight excluding hydrogens is 412 g/mol. The number of amides is 2. The number of ether oxygens (including phenoxy) is 1. The summed E-state index contributed by atoms with van der Waals surface area (Å²) in [6.07, 6.45) is 6.53. The topological polar surface area (TPSA) is 119 Å². The smallest absolute Gasteiger partial charge is 0.274 e. The van der Waals surface area contributed by atoms with Crippen LogP contribution in [0.5, 0.6) is 0 Å². The summed E-state index contributed by atoms with van der Waals surface area (Å²) in [5, 5.41) is 14.4. The number of aromatic nitrogens is 5. The van der Waals surface area contributed by atoms with Crippen molar-refractivity contribution in [3.8, 4) is 0 Å². The van der Waals surface area contributed by atoms with Crippen molar-refractivity contribution in [2.24, 2.45) is 13.0 Å². The fourth-order valence-electron chi connectivity index (χ4n) is 3.90. The Morgan fingerprint density at radius 1 is 1.22 bits per heavy atom. The van der Waals surface area contributed by atoms with Crippen LogP contribution in [0.2, 0.25) is 0 Å². The van der Waals surface area contributed by atoms with E-state index in [1.165, 1.54) is 10.9 Å². The monoisotopic (exact) mass is 438 g/mol. The Kier molecular flexibility index (Phi) is 5.25. The van der Waals surface area contributed by atoms with Crippen LogP contribution in [0.3, 0.4) is 0 Å². The summed E-state index contributed by atoms with van der Waals surface area (Å²) in [6, 6.07) is 3.55. The van der Waals surface area contributed by atoms with Gasteiger partial charge in [0.05, 0.1) is 29.7 Å². The van der Waals surface area contributed by atoms with Crippen molar-refractivity contribution in [1.82, 2.24) is 29.7 Å². The molecule has 2 N–H and O–H groups in total. The first kappa shape index (κ1) is 20.4. The number of carbonyl (C=O) groups is 2. The summed E-state index contributed by atoms with van der Waals surface area (Å²) >= 11 is 0. The van der Waals surface area contributed by atoms with Gasteiger partial charge in [0.25, 0.3) is 11.8 Å². The van der Waals surface area contributed by atoms with Gasteiger partial charge in [-0.1, -0.05) is 0 Å². The molecule has 3 aromatic heterocycles. The number of aryl methyl sites for hydroxylation is 1. The van der Waals surface area contributed by atoms with Crippen molar-refractivity contribution in [2.75, 3.05) is 37.0 Å². The SMILES string of the molecule is COC1CCN(c2nc3ccc(NC(=O)c4c(C(=O)NCC5CC5)cnn4C)cn3n2)C1. The Morgan fingerprint density at radius 3 is 2.81 bits per heavy atom. The number of hydrogen-bond donors (Lipinski definition) is 2. The Balaban J connectivity index is 1.31. The van der Waals surface area contributed by atoms with Crippen molar-refractivity contribution in [2.45, 2.75) is 25.4 Å². The quantitative estimate of drug-likeness (QED) is 0.567. The molecule has 2 amide bonds. The molecule has 168 valence electrons. The first-order valence-electron chi connectivity index (χ1n) is 10.8. The van der Waals surface area contributed by atoms with Crippen molar-refractivity contribution in [3.05, 3.63) is 35.8 Å². The number of fused-ring (bicyclic) bond motifs is 1. The first-order chi connectivity index (χ1) is 15.5. The van der Waals surface area contributed by atoms with E-state index in [4.69, 9.17) is 4.74 Å². The summed E-state index contributed by atoms with van der Waals surface area (Å²) in [7, 11) is 3.35. The minimum Gasteiger partial charge on any atom is -0.380 e. The van der Waals surface area contributed by atoms with Crippen LogP contribution in [0, 0.1) is 5.92 Å². The second-order valence-electron chi connectivity index (χ2n) is 8.36. The lowest BCUT2D eigenvalue weighted by atomic mass is 10.2. The van der Waals surface area contributed by atoms with Gasteiger partial charge in [-0.15, -0.1) is 5.10 Å². The van der Waals surface area contributed by atoms with Crippen molar-refractivity contribution in [1.29, 1.82) is 0 Å². The van der Waals surface area contributed by atoms with Gasteiger partial charge in [-0.25, -0.2) is 4.52 Å². The minimum absolute atomic E-state index is 0.186. The largest absolute Gasteiger partial charge is 0.380 e. The van der Waals surface area contributed by atoms with Crippen LogP contribution in [-0.2, 0) is 11.8 Å². The zero-order valence-electron chi connectivity index (χ0n) is 18.1. The lowest BCUT2D eigenvalue weighted by molar-refractivity contribution is 0.0937. The molecule has 0 spiro atoms. The Hall–Kier alpha value is -3.47. The maximum Gasteiger partial charge on any atom is 0.274 e. The maximum atomic E-state index is 13.0. The molecular formula is C21H26N8O3. The number of pyridine rings is 1. The van der Waals surface area contributed by atoms with Crippen molar-refractivity contribution < 1.29 is 14.3 Å². The summed E-state index contributed by atoms with van der Waals surface area (Å²) in [4.78, 5) is 32.2. The number of nitrogens with zero attached hydrogens (tertiary/aromatic N) is 6. The van der Waals surface area contributed by atoms with Gasteiger partial charge in [0, 0.05) is 33.8 Å². The summed E-state index contributed by atoms with van der Waals surface area (Å²) < 4.78 is 8.46. The van der Waals surface area contributed by atoms with E-state index in [2.05, 4.69) is 30.7 Å². The number of carbonyl (C=O) groups excluding carboxylic acids is 2. The Bertz CT molecular complexity index is 1170. The Labute approximate surface area is 184 Å². The summed E-state index contributed by atoms with van der Waals surface area (Å²) in [5.41, 5.74) is 1.69. The standard InChI is InChI=1S/C21H26N8O3/c1-27-18(16(10-23-27)19(30)22-9-13-3-4-13)20(31)24-14-5-6-17-25-21(26-29(17)11-14)28-8-7-15(12-28)32-2/h5-6,10-11,13,15H,3-4,7-9,12H2,1-2H3,(H,22,30)(H,24,31). The van der Waals surface area contributed by atoms with E-state index in [1.807, 2.05) is 0 Å². The molecule has 2 aliphatic rings.